The molecule has 5 heteroatoms. The summed E-state index contributed by atoms with van der Waals surface area (Å²) in [5, 5.41) is 0. The molecule has 0 bridgehead atoms. The standard InChI is InChI=1S/C13H14FN3S/c1-8-5-3-4-6-10(8)18-7-11-16-9(2)12(14)13(15)17-11/h3-6H,7H2,1-2H3,(H2,15,16,17). The zero-order valence-electron chi connectivity index (χ0n) is 10.3. The number of hydrogen-bond donors (Lipinski definition) is 1. The van der Waals surface area contributed by atoms with E-state index in [-0.39, 0.29) is 5.82 Å². The lowest BCUT2D eigenvalue weighted by molar-refractivity contribution is 0.604. The molecule has 0 unspecified atom stereocenters. The molecule has 3 nitrogen and oxygen atoms in total. The minimum atomic E-state index is -0.528. The Balaban J connectivity index is 2.14. The smallest absolute Gasteiger partial charge is 0.186 e. The highest BCUT2D eigenvalue weighted by molar-refractivity contribution is 7.98. The van der Waals surface area contributed by atoms with E-state index in [1.807, 2.05) is 31.2 Å². The first-order chi connectivity index (χ1) is 8.58. The highest BCUT2D eigenvalue weighted by Crippen LogP contribution is 2.25. The summed E-state index contributed by atoms with van der Waals surface area (Å²) in [6, 6.07) is 8.07. The van der Waals surface area contributed by atoms with Gasteiger partial charge in [-0.05, 0) is 25.5 Å². The monoisotopic (exact) mass is 263 g/mol. The molecule has 18 heavy (non-hydrogen) atoms. The maximum Gasteiger partial charge on any atom is 0.186 e. The number of nitrogen functional groups attached to an aromatic ring is 1. The summed E-state index contributed by atoms with van der Waals surface area (Å²) >= 11 is 1.62. The van der Waals surface area contributed by atoms with Crippen molar-refractivity contribution in [1.82, 2.24) is 9.97 Å². The van der Waals surface area contributed by atoms with Crippen molar-refractivity contribution >= 4 is 17.6 Å². The molecule has 0 saturated heterocycles. The van der Waals surface area contributed by atoms with Gasteiger partial charge in [0.05, 0.1) is 11.4 Å². The highest BCUT2D eigenvalue weighted by Gasteiger charge is 2.09. The van der Waals surface area contributed by atoms with Crippen molar-refractivity contribution in [3.8, 4) is 0 Å². The van der Waals surface area contributed by atoms with Crippen LogP contribution in [-0.2, 0) is 5.75 Å². The van der Waals surface area contributed by atoms with E-state index in [4.69, 9.17) is 5.73 Å². The van der Waals surface area contributed by atoms with Crippen molar-refractivity contribution in [2.45, 2.75) is 24.5 Å². The Bertz CT molecular complexity index is 549. The number of thioether (sulfide) groups is 1. The normalized spacial score (nSPS) is 10.6. The molecule has 0 amide bonds. The summed E-state index contributed by atoms with van der Waals surface area (Å²) in [5.74, 6) is 0.526. The fourth-order valence-electron chi connectivity index (χ4n) is 1.57. The lowest BCUT2D eigenvalue weighted by Crippen LogP contribution is -2.04. The van der Waals surface area contributed by atoms with Crippen LogP contribution in [0.15, 0.2) is 29.2 Å². The van der Waals surface area contributed by atoms with Crippen molar-refractivity contribution in [3.63, 3.8) is 0 Å². The first-order valence-electron chi connectivity index (χ1n) is 5.55. The van der Waals surface area contributed by atoms with Crippen molar-refractivity contribution < 1.29 is 4.39 Å². The summed E-state index contributed by atoms with van der Waals surface area (Å²) in [6.07, 6.45) is 0. The summed E-state index contributed by atoms with van der Waals surface area (Å²) in [7, 11) is 0. The van der Waals surface area contributed by atoms with Crippen LogP contribution in [0.25, 0.3) is 0 Å². The van der Waals surface area contributed by atoms with Gasteiger partial charge in [0.15, 0.2) is 11.6 Å². The third-order valence-corrected chi connectivity index (χ3v) is 3.71. The summed E-state index contributed by atoms with van der Waals surface area (Å²) < 4.78 is 13.3. The maximum atomic E-state index is 13.3. The molecule has 0 aliphatic carbocycles. The minimum absolute atomic E-state index is 0.0807. The number of rotatable bonds is 3. The van der Waals surface area contributed by atoms with Crippen LogP contribution < -0.4 is 5.73 Å². The molecule has 2 N–H and O–H groups in total. The van der Waals surface area contributed by atoms with Crippen LogP contribution in [0.4, 0.5) is 10.2 Å². The molecule has 1 aromatic carbocycles. The predicted octanol–water partition coefficient (Wildman–Crippen LogP) is 3.11. The zero-order valence-corrected chi connectivity index (χ0v) is 11.1. The number of halogens is 1. The van der Waals surface area contributed by atoms with Crippen LogP contribution in [0.3, 0.4) is 0 Å². The van der Waals surface area contributed by atoms with Gasteiger partial charge in [-0.15, -0.1) is 11.8 Å². The average molecular weight is 263 g/mol. The summed E-state index contributed by atoms with van der Waals surface area (Å²) in [6.45, 7) is 3.64. The van der Waals surface area contributed by atoms with E-state index in [1.54, 1.807) is 18.7 Å². The first kappa shape index (κ1) is 12.8. The number of hydrogen-bond acceptors (Lipinski definition) is 4. The van der Waals surface area contributed by atoms with Crippen LogP contribution >= 0.6 is 11.8 Å². The Kier molecular flexibility index (Phi) is 3.81. The molecule has 0 aliphatic heterocycles. The molecule has 1 aromatic heterocycles. The van der Waals surface area contributed by atoms with Gasteiger partial charge in [-0.1, -0.05) is 18.2 Å². The zero-order chi connectivity index (χ0) is 13.1. The second-order valence-electron chi connectivity index (χ2n) is 3.98. The van der Waals surface area contributed by atoms with E-state index < -0.39 is 5.82 Å². The Morgan fingerprint density at radius 3 is 2.61 bits per heavy atom. The topological polar surface area (TPSA) is 51.8 Å². The third-order valence-electron chi connectivity index (χ3n) is 2.54. The van der Waals surface area contributed by atoms with Crippen molar-refractivity contribution in [1.29, 1.82) is 0 Å². The first-order valence-corrected chi connectivity index (χ1v) is 6.53. The molecule has 0 radical (unpaired) electrons. The average Bonchev–Trinajstić information content (AvgIpc) is 2.35. The van der Waals surface area contributed by atoms with E-state index in [2.05, 4.69) is 9.97 Å². The van der Waals surface area contributed by atoms with Crippen LogP contribution in [-0.4, -0.2) is 9.97 Å². The van der Waals surface area contributed by atoms with Crippen LogP contribution in [0.2, 0.25) is 0 Å². The third kappa shape index (κ3) is 2.79. The van der Waals surface area contributed by atoms with Crippen molar-refractivity contribution in [2.24, 2.45) is 0 Å². The minimum Gasteiger partial charge on any atom is -0.381 e. The van der Waals surface area contributed by atoms with E-state index in [1.165, 1.54) is 10.5 Å². The largest absolute Gasteiger partial charge is 0.381 e. The van der Waals surface area contributed by atoms with Crippen molar-refractivity contribution in [2.75, 3.05) is 5.73 Å². The van der Waals surface area contributed by atoms with Gasteiger partial charge in [0, 0.05) is 4.90 Å². The van der Waals surface area contributed by atoms with Gasteiger partial charge in [0.2, 0.25) is 0 Å². The van der Waals surface area contributed by atoms with Crippen LogP contribution in [0, 0.1) is 19.7 Å². The molecular weight excluding hydrogens is 249 g/mol. The maximum absolute atomic E-state index is 13.3. The number of nitrogens with two attached hydrogens (primary N) is 1. The predicted molar refractivity (Wildman–Crippen MR) is 71.9 cm³/mol. The molecule has 0 fully saturated rings. The summed E-state index contributed by atoms with van der Waals surface area (Å²) in [4.78, 5) is 9.21. The molecule has 0 aliphatic rings. The Morgan fingerprint density at radius 1 is 1.22 bits per heavy atom. The Hall–Kier alpha value is -1.62. The Morgan fingerprint density at radius 2 is 1.94 bits per heavy atom. The van der Waals surface area contributed by atoms with E-state index in [0.717, 1.165) is 0 Å². The number of anilines is 1. The molecule has 0 atom stereocenters. The lowest BCUT2D eigenvalue weighted by Gasteiger charge is -2.06. The summed E-state index contributed by atoms with van der Waals surface area (Å²) in [5.41, 5.74) is 6.98. The van der Waals surface area contributed by atoms with Crippen molar-refractivity contribution in [3.05, 3.63) is 47.2 Å². The second kappa shape index (κ2) is 5.35. The van der Waals surface area contributed by atoms with Crippen LogP contribution in [0.1, 0.15) is 17.1 Å². The van der Waals surface area contributed by atoms with Gasteiger partial charge in [0.25, 0.3) is 0 Å². The van der Waals surface area contributed by atoms with E-state index in [9.17, 15) is 4.39 Å². The SMILES string of the molecule is Cc1ccccc1SCc1nc(C)c(F)c(N)n1. The van der Waals surface area contributed by atoms with Gasteiger partial charge < -0.3 is 5.73 Å². The molecule has 1 heterocycles. The number of aromatic nitrogens is 2. The Labute approximate surface area is 110 Å². The number of aryl methyl sites for hydroxylation is 2. The van der Waals surface area contributed by atoms with Crippen LogP contribution in [0.5, 0.6) is 0 Å². The van der Waals surface area contributed by atoms with Gasteiger partial charge >= 0.3 is 0 Å². The molecule has 94 valence electrons. The number of benzene rings is 1. The second-order valence-corrected chi connectivity index (χ2v) is 5.00. The van der Waals surface area contributed by atoms with Gasteiger partial charge in [-0.3, -0.25) is 0 Å². The fourth-order valence-corrected chi connectivity index (χ4v) is 2.45. The van der Waals surface area contributed by atoms with Gasteiger partial charge in [0.1, 0.15) is 5.82 Å². The van der Waals surface area contributed by atoms with E-state index in [0.29, 0.717) is 17.3 Å². The molecule has 0 saturated carbocycles. The molecular formula is C13H14FN3S. The molecule has 2 aromatic rings. The quantitative estimate of drug-likeness (QED) is 0.864. The van der Waals surface area contributed by atoms with E-state index >= 15 is 0 Å². The lowest BCUT2D eigenvalue weighted by atomic mass is 10.2. The molecule has 2 rings (SSSR count). The molecule has 0 spiro atoms. The van der Waals surface area contributed by atoms with Gasteiger partial charge in [-0.2, -0.15) is 0 Å². The highest BCUT2D eigenvalue weighted by atomic mass is 32.2. The van der Waals surface area contributed by atoms with Gasteiger partial charge in [-0.25, -0.2) is 14.4 Å². The number of nitrogens with zero attached hydrogens (tertiary/aromatic N) is 2. The fraction of sp³-hybridized carbons (Fsp3) is 0.231.